The number of hydrogen-bond donors (Lipinski definition) is 1. The molecule has 96 valence electrons. The van der Waals surface area contributed by atoms with E-state index in [2.05, 4.69) is 4.98 Å². The smallest absolute Gasteiger partial charge is 0.306 e. The van der Waals surface area contributed by atoms with Crippen molar-refractivity contribution in [3.8, 4) is 0 Å². The lowest BCUT2D eigenvalue weighted by Crippen LogP contribution is -2.17. The predicted molar refractivity (Wildman–Crippen MR) is 78.1 cm³/mol. The minimum Gasteiger partial charge on any atom is -0.306 e. The number of para-hydroxylation sites is 2. The lowest BCUT2D eigenvalue weighted by atomic mass is 10.2. The Balaban J connectivity index is 2.08. The SMILES string of the molecule is O=c1[nH]c2ccccc2n1Cc1ccc(Cl)c(Cl)c1. The van der Waals surface area contributed by atoms with Crippen molar-refractivity contribution in [1.29, 1.82) is 0 Å². The van der Waals surface area contributed by atoms with Gasteiger partial charge in [-0.1, -0.05) is 41.4 Å². The van der Waals surface area contributed by atoms with Gasteiger partial charge in [-0.2, -0.15) is 0 Å². The average molecular weight is 293 g/mol. The van der Waals surface area contributed by atoms with Gasteiger partial charge in [-0.25, -0.2) is 4.79 Å². The van der Waals surface area contributed by atoms with Crippen LogP contribution in [0.1, 0.15) is 5.56 Å². The van der Waals surface area contributed by atoms with Crippen LogP contribution >= 0.6 is 23.2 Å². The van der Waals surface area contributed by atoms with Gasteiger partial charge in [-0.05, 0) is 29.8 Å². The zero-order chi connectivity index (χ0) is 13.4. The molecule has 2 aromatic carbocycles. The third-order valence-electron chi connectivity index (χ3n) is 3.01. The Bertz CT molecular complexity index is 805. The molecule has 0 bridgehead atoms. The first kappa shape index (κ1) is 12.3. The van der Waals surface area contributed by atoms with Gasteiger partial charge in [0.05, 0.1) is 27.6 Å². The molecule has 5 heteroatoms. The lowest BCUT2D eigenvalue weighted by Gasteiger charge is -2.05. The number of aromatic amines is 1. The van der Waals surface area contributed by atoms with Crippen LogP contribution in [0.2, 0.25) is 10.0 Å². The number of nitrogens with zero attached hydrogens (tertiary/aromatic N) is 1. The van der Waals surface area contributed by atoms with Crippen molar-refractivity contribution in [2.24, 2.45) is 0 Å². The second kappa shape index (κ2) is 4.76. The van der Waals surface area contributed by atoms with Crippen LogP contribution in [0.25, 0.3) is 11.0 Å². The Morgan fingerprint density at radius 3 is 2.63 bits per heavy atom. The summed E-state index contributed by atoms with van der Waals surface area (Å²) in [5, 5.41) is 1.00. The molecule has 0 amide bonds. The number of rotatable bonds is 2. The van der Waals surface area contributed by atoms with E-state index in [9.17, 15) is 4.79 Å². The minimum atomic E-state index is -0.132. The maximum absolute atomic E-state index is 11.9. The van der Waals surface area contributed by atoms with Gasteiger partial charge in [-0.15, -0.1) is 0 Å². The van der Waals surface area contributed by atoms with Crippen molar-refractivity contribution < 1.29 is 0 Å². The van der Waals surface area contributed by atoms with Crippen LogP contribution in [-0.2, 0) is 6.54 Å². The molecule has 1 aromatic heterocycles. The van der Waals surface area contributed by atoms with E-state index >= 15 is 0 Å². The highest BCUT2D eigenvalue weighted by molar-refractivity contribution is 6.42. The highest BCUT2D eigenvalue weighted by atomic mass is 35.5. The molecule has 3 nitrogen and oxygen atoms in total. The summed E-state index contributed by atoms with van der Waals surface area (Å²) >= 11 is 11.9. The Morgan fingerprint density at radius 1 is 1.05 bits per heavy atom. The van der Waals surface area contributed by atoms with E-state index in [-0.39, 0.29) is 5.69 Å². The highest BCUT2D eigenvalue weighted by Crippen LogP contribution is 2.23. The van der Waals surface area contributed by atoms with E-state index in [1.165, 1.54) is 0 Å². The first-order valence-electron chi connectivity index (χ1n) is 5.76. The van der Waals surface area contributed by atoms with Crippen molar-refractivity contribution >= 4 is 34.2 Å². The molecule has 0 unspecified atom stereocenters. The molecule has 3 rings (SSSR count). The zero-order valence-corrected chi connectivity index (χ0v) is 11.4. The molecule has 0 saturated heterocycles. The van der Waals surface area contributed by atoms with E-state index in [0.717, 1.165) is 16.6 Å². The third-order valence-corrected chi connectivity index (χ3v) is 3.75. The van der Waals surface area contributed by atoms with E-state index < -0.39 is 0 Å². The molecule has 0 atom stereocenters. The topological polar surface area (TPSA) is 37.8 Å². The second-order valence-corrected chi connectivity index (χ2v) is 5.10. The van der Waals surface area contributed by atoms with Gasteiger partial charge in [0.25, 0.3) is 0 Å². The van der Waals surface area contributed by atoms with Gasteiger partial charge in [0.2, 0.25) is 0 Å². The number of H-pyrrole nitrogens is 1. The normalized spacial score (nSPS) is 11.1. The van der Waals surface area contributed by atoms with Crippen LogP contribution < -0.4 is 5.69 Å². The molecule has 0 saturated carbocycles. The van der Waals surface area contributed by atoms with Gasteiger partial charge in [-0.3, -0.25) is 4.57 Å². The highest BCUT2D eigenvalue weighted by Gasteiger charge is 2.07. The Kier molecular flexibility index (Phi) is 3.09. The van der Waals surface area contributed by atoms with Gasteiger partial charge >= 0.3 is 5.69 Å². The van der Waals surface area contributed by atoms with E-state index in [4.69, 9.17) is 23.2 Å². The van der Waals surface area contributed by atoms with Crippen LogP contribution in [0.15, 0.2) is 47.3 Å². The van der Waals surface area contributed by atoms with Gasteiger partial charge < -0.3 is 4.98 Å². The summed E-state index contributed by atoms with van der Waals surface area (Å²) in [7, 11) is 0. The van der Waals surface area contributed by atoms with Crippen molar-refractivity contribution in [3.63, 3.8) is 0 Å². The predicted octanol–water partition coefficient (Wildman–Crippen LogP) is 3.68. The molecule has 0 aliphatic heterocycles. The van der Waals surface area contributed by atoms with Crippen molar-refractivity contribution in [3.05, 3.63) is 68.6 Å². The Hall–Kier alpha value is -1.71. The molecular weight excluding hydrogens is 283 g/mol. The van der Waals surface area contributed by atoms with E-state index in [1.807, 2.05) is 30.3 Å². The maximum Gasteiger partial charge on any atom is 0.326 e. The zero-order valence-electron chi connectivity index (χ0n) is 9.86. The van der Waals surface area contributed by atoms with Gasteiger partial charge in [0.1, 0.15) is 0 Å². The second-order valence-electron chi connectivity index (χ2n) is 4.28. The van der Waals surface area contributed by atoms with Crippen LogP contribution in [0.5, 0.6) is 0 Å². The summed E-state index contributed by atoms with van der Waals surface area (Å²) in [4.78, 5) is 14.8. The minimum absolute atomic E-state index is 0.132. The summed E-state index contributed by atoms with van der Waals surface area (Å²) in [5.41, 5.74) is 2.50. The van der Waals surface area contributed by atoms with Crippen LogP contribution in [0.3, 0.4) is 0 Å². The molecule has 19 heavy (non-hydrogen) atoms. The number of hydrogen-bond acceptors (Lipinski definition) is 1. The maximum atomic E-state index is 11.9. The summed E-state index contributed by atoms with van der Waals surface area (Å²) in [6, 6.07) is 13.0. The first-order valence-corrected chi connectivity index (χ1v) is 6.52. The first-order chi connectivity index (χ1) is 9.15. The number of aromatic nitrogens is 2. The fourth-order valence-corrected chi connectivity index (χ4v) is 2.41. The molecule has 0 aliphatic rings. The molecule has 0 aliphatic carbocycles. The van der Waals surface area contributed by atoms with Crippen LogP contribution in [-0.4, -0.2) is 9.55 Å². The third kappa shape index (κ3) is 2.27. The summed E-state index contributed by atoms with van der Waals surface area (Å²) in [6.07, 6.45) is 0. The van der Waals surface area contributed by atoms with Crippen molar-refractivity contribution in [2.45, 2.75) is 6.54 Å². The van der Waals surface area contributed by atoms with Crippen molar-refractivity contribution in [1.82, 2.24) is 9.55 Å². The summed E-state index contributed by atoms with van der Waals surface area (Å²) in [6.45, 7) is 0.458. The molecule has 0 spiro atoms. The van der Waals surface area contributed by atoms with E-state index in [0.29, 0.717) is 16.6 Å². The molecule has 0 fully saturated rings. The number of fused-ring (bicyclic) bond motifs is 1. The van der Waals surface area contributed by atoms with Crippen LogP contribution in [0, 0.1) is 0 Å². The largest absolute Gasteiger partial charge is 0.326 e. The monoisotopic (exact) mass is 292 g/mol. The molecule has 1 N–H and O–H groups in total. The number of imidazole rings is 1. The van der Waals surface area contributed by atoms with Gasteiger partial charge in [0.15, 0.2) is 0 Å². The molecular formula is C14H10Cl2N2O. The number of nitrogens with one attached hydrogen (secondary N) is 1. The summed E-state index contributed by atoms with van der Waals surface area (Å²) in [5.74, 6) is 0. The van der Waals surface area contributed by atoms with Gasteiger partial charge in [0, 0.05) is 0 Å². The fourth-order valence-electron chi connectivity index (χ4n) is 2.08. The average Bonchev–Trinajstić information content (AvgIpc) is 2.71. The molecule has 3 aromatic rings. The molecule has 1 heterocycles. The van der Waals surface area contributed by atoms with E-state index in [1.54, 1.807) is 16.7 Å². The Morgan fingerprint density at radius 2 is 1.84 bits per heavy atom. The standard InChI is InChI=1S/C14H10Cl2N2O/c15-10-6-5-9(7-11(10)16)8-18-13-4-2-1-3-12(13)17-14(18)19/h1-7H,8H2,(H,17,19). The Labute approximate surface area is 119 Å². The van der Waals surface area contributed by atoms with Crippen LogP contribution in [0.4, 0.5) is 0 Å². The summed E-state index contributed by atoms with van der Waals surface area (Å²) < 4.78 is 1.68. The van der Waals surface area contributed by atoms with Crippen molar-refractivity contribution in [2.75, 3.05) is 0 Å². The quantitative estimate of drug-likeness (QED) is 0.769. The lowest BCUT2D eigenvalue weighted by molar-refractivity contribution is 0.787. The number of benzene rings is 2. The fraction of sp³-hybridized carbons (Fsp3) is 0.0714. The number of halogens is 2. The molecule has 0 radical (unpaired) electrons.